The van der Waals surface area contributed by atoms with E-state index in [0.29, 0.717) is 42.9 Å². The summed E-state index contributed by atoms with van der Waals surface area (Å²) < 4.78 is 6.59. The van der Waals surface area contributed by atoms with Crippen molar-refractivity contribution in [2.45, 2.75) is 25.3 Å². The summed E-state index contributed by atoms with van der Waals surface area (Å²) in [6.45, 7) is 3.64. The standard InChI is InChI=1S/C27H30ClN3O3/c1-19-23(6-4-7-24(19)28)27(12-15-31(16-13-27)25(32)8-5-17-34-3)29-21-10-9-20-11-14-30(2)26(33)22(20)18-21/h4-11,14,18,29H,12-13,15-17H2,1-3H3/b8-5+. The second kappa shape index (κ2) is 10.0. The molecule has 3 aromatic rings. The Morgan fingerprint density at radius 1 is 1.21 bits per heavy atom. The molecule has 7 heteroatoms. The molecule has 0 radical (unpaired) electrons. The van der Waals surface area contributed by atoms with E-state index in [9.17, 15) is 9.59 Å². The maximum absolute atomic E-state index is 12.7. The molecule has 1 aromatic heterocycles. The second-order valence-electron chi connectivity index (χ2n) is 8.84. The number of carbonyl (C=O) groups is 1. The number of hydrogen-bond donors (Lipinski definition) is 1. The van der Waals surface area contributed by atoms with Crippen LogP contribution < -0.4 is 10.9 Å². The van der Waals surface area contributed by atoms with Crippen LogP contribution in [-0.4, -0.2) is 42.2 Å². The molecule has 0 unspecified atom stereocenters. The van der Waals surface area contributed by atoms with Crippen LogP contribution in [0.2, 0.25) is 5.02 Å². The molecule has 2 aromatic carbocycles. The molecule has 1 N–H and O–H groups in total. The minimum Gasteiger partial charge on any atom is -0.381 e. The number of ether oxygens (including phenoxy) is 1. The van der Waals surface area contributed by atoms with E-state index in [-0.39, 0.29) is 11.5 Å². The SMILES string of the molecule is COC/C=C/C(=O)N1CCC(Nc2ccc3ccn(C)c(=O)c3c2)(c2cccc(Cl)c2C)CC1. The maximum atomic E-state index is 12.7. The van der Waals surface area contributed by atoms with Crippen LogP contribution in [0, 0.1) is 6.92 Å². The number of methoxy groups -OCH3 is 1. The fourth-order valence-electron chi connectivity index (χ4n) is 4.74. The number of likely N-dealkylation sites (tertiary alicyclic amines) is 1. The van der Waals surface area contributed by atoms with Crippen molar-refractivity contribution in [2.75, 3.05) is 32.1 Å². The van der Waals surface area contributed by atoms with Crippen LogP contribution in [0.5, 0.6) is 0 Å². The average Bonchev–Trinajstić information content (AvgIpc) is 2.84. The van der Waals surface area contributed by atoms with Gasteiger partial charge in [0.25, 0.3) is 5.56 Å². The van der Waals surface area contributed by atoms with Gasteiger partial charge in [-0.15, -0.1) is 0 Å². The number of piperidine rings is 1. The lowest BCUT2D eigenvalue weighted by Gasteiger charge is -2.44. The lowest BCUT2D eigenvalue weighted by Crippen LogP contribution is -2.49. The number of carbonyl (C=O) groups excluding carboxylic acids is 1. The molecule has 0 aliphatic carbocycles. The molecule has 178 valence electrons. The largest absolute Gasteiger partial charge is 0.381 e. The lowest BCUT2D eigenvalue weighted by atomic mass is 9.78. The van der Waals surface area contributed by atoms with E-state index in [0.717, 1.165) is 22.2 Å². The number of aromatic nitrogens is 1. The van der Waals surface area contributed by atoms with E-state index < -0.39 is 5.54 Å². The number of benzene rings is 2. The topological polar surface area (TPSA) is 63.6 Å². The number of halogens is 1. The Hall–Kier alpha value is -3.09. The van der Waals surface area contributed by atoms with Crippen LogP contribution in [0.15, 0.2) is 65.6 Å². The predicted octanol–water partition coefficient (Wildman–Crippen LogP) is 4.63. The normalized spacial score (nSPS) is 15.7. The Balaban J connectivity index is 1.69. The van der Waals surface area contributed by atoms with Gasteiger partial charge in [-0.25, -0.2) is 0 Å². The van der Waals surface area contributed by atoms with E-state index >= 15 is 0 Å². The zero-order chi connectivity index (χ0) is 24.3. The highest BCUT2D eigenvalue weighted by atomic mass is 35.5. The summed E-state index contributed by atoms with van der Waals surface area (Å²) in [7, 11) is 3.36. The van der Waals surface area contributed by atoms with Gasteiger partial charge < -0.3 is 19.5 Å². The molecule has 0 bridgehead atoms. The quantitative estimate of drug-likeness (QED) is 0.523. The van der Waals surface area contributed by atoms with Crippen LogP contribution in [0.1, 0.15) is 24.0 Å². The van der Waals surface area contributed by atoms with Gasteiger partial charge in [0.2, 0.25) is 5.91 Å². The highest BCUT2D eigenvalue weighted by Crippen LogP contribution is 2.40. The van der Waals surface area contributed by atoms with Gasteiger partial charge in [-0.05, 0) is 60.5 Å². The van der Waals surface area contributed by atoms with Crippen molar-refractivity contribution in [3.8, 4) is 0 Å². The summed E-state index contributed by atoms with van der Waals surface area (Å²) >= 11 is 6.51. The highest BCUT2D eigenvalue weighted by Gasteiger charge is 2.38. The van der Waals surface area contributed by atoms with Crippen molar-refractivity contribution >= 4 is 34.0 Å². The Bertz CT molecular complexity index is 1290. The zero-order valence-electron chi connectivity index (χ0n) is 19.8. The van der Waals surface area contributed by atoms with Crippen LogP contribution in [0.3, 0.4) is 0 Å². The molecule has 0 saturated carbocycles. The monoisotopic (exact) mass is 479 g/mol. The van der Waals surface area contributed by atoms with Crippen LogP contribution in [0.25, 0.3) is 10.8 Å². The highest BCUT2D eigenvalue weighted by molar-refractivity contribution is 6.31. The fourth-order valence-corrected chi connectivity index (χ4v) is 4.91. The van der Waals surface area contributed by atoms with Gasteiger partial charge in [0.1, 0.15) is 0 Å². The Labute approximate surface area is 204 Å². The molecule has 0 spiro atoms. The summed E-state index contributed by atoms with van der Waals surface area (Å²) in [4.78, 5) is 27.2. The maximum Gasteiger partial charge on any atom is 0.258 e. The third-order valence-electron chi connectivity index (χ3n) is 6.70. The van der Waals surface area contributed by atoms with Gasteiger partial charge in [-0.3, -0.25) is 9.59 Å². The molecule has 1 aliphatic heterocycles. The molecule has 0 atom stereocenters. The molecule has 2 heterocycles. The van der Waals surface area contributed by atoms with Crippen molar-refractivity contribution < 1.29 is 9.53 Å². The first-order chi connectivity index (χ1) is 16.3. The first kappa shape index (κ1) is 24.0. The van der Waals surface area contributed by atoms with Crippen LogP contribution in [-0.2, 0) is 22.1 Å². The fraction of sp³-hybridized carbons (Fsp3) is 0.333. The molecule has 1 fully saturated rings. The van der Waals surface area contributed by atoms with E-state index in [1.165, 1.54) is 0 Å². The van der Waals surface area contributed by atoms with E-state index in [4.69, 9.17) is 16.3 Å². The minimum atomic E-state index is -0.421. The Morgan fingerprint density at radius 2 is 1.97 bits per heavy atom. The Morgan fingerprint density at radius 3 is 2.71 bits per heavy atom. The molecule has 6 nitrogen and oxygen atoms in total. The van der Waals surface area contributed by atoms with Crippen molar-refractivity contribution in [1.82, 2.24) is 9.47 Å². The summed E-state index contributed by atoms with van der Waals surface area (Å²) in [6, 6.07) is 13.8. The molecule has 1 saturated heterocycles. The molecular weight excluding hydrogens is 450 g/mol. The lowest BCUT2D eigenvalue weighted by molar-refractivity contribution is -0.127. The van der Waals surface area contributed by atoms with Crippen molar-refractivity contribution in [1.29, 1.82) is 0 Å². The van der Waals surface area contributed by atoms with E-state index in [1.54, 1.807) is 37.1 Å². The molecular formula is C27H30ClN3O3. The number of amides is 1. The number of pyridine rings is 1. The Kier molecular flexibility index (Phi) is 7.10. The zero-order valence-corrected chi connectivity index (χ0v) is 20.6. The summed E-state index contributed by atoms with van der Waals surface area (Å²) in [5.41, 5.74) is 2.55. The second-order valence-corrected chi connectivity index (χ2v) is 9.24. The van der Waals surface area contributed by atoms with E-state index in [1.807, 2.05) is 48.2 Å². The number of nitrogens with one attached hydrogen (secondary N) is 1. The minimum absolute atomic E-state index is 0.0114. The van der Waals surface area contributed by atoms with Gasteiger partial charge in [-0.1, -0.05) is 35.9 Å². The molecule has 1 aliphatic rings. The first-order valence-electron chi connectivity index (χ1n) is 11.4. The molecule has 34 heavy (non-hydrogen) atoms. The number of fused-ring (bicyclic) bond motifs is 1. The number of anilines is 1. The van der Waals surface area contributed by atoms with Gasteiger partial charge in [0, 0.05) is 55.6 Å². The predicted molar refractivity (Wildman–Crippen MR) is 138 cm³/mol. The van der Waals surface area contributed by atoms with Gasteiger partial charge in [0.15, 0.2) is 0 Å². The smallest absolute Gasteiger partial charge is 0.258 e. The number of aryl methyl sites for hydroxylation is 1. The van der Waals surface area contributed by atoms with Crippen molar-refractivity contribution in [2.24, 2.45) is 7.05 Å². The van der Waals surface area contributed by atoms with Gasteiger partial charge >= 0.3 is 0 Å². The number of rotatable bonds is 6. The van der Waals surface area contributed by atoms with Crippen molar-refractivity contribution in [3.05, 3.63) is 87.3 Å². The first-order valence-corrected chi connectivity index (χ1v) is 11.8. The van der Waals surface area contributed by atoms with Gasteiger partial charge in [0.05, 0.1) is 12.1 Å². The third-order valence-corrected chi connectivity index (χ3v) is 7.11. The van der Waals surface area contributed by atoms with E-state index in [2.05, 4.69) is 11.4 Å². The van der Waals surface area contributed by atoms with Crippen LogP contribution in [0.4, 0.5) is 5.69 Å². The summed E-state index contributed by atoms with van der Waals surface area (Å²) in [6.07, 6.45) is 6.51. The third kappa shape index (κ3) is 4.74. The summed E-state index contributed by atoms with van der Waals surface area (Å²) in [5, 5.41) is 6.04. The summed E-state index contributed by atoms with van der Waals surface area (Å²) in [5.74, 6) is -0.0114. The molecule has 1 amide bonds. The average molecular weight is 480 g/mol. The molecule has 4 rings (SSSR count). The van der Waals surface area contributed by atoms with Gasteiger partial charge in [-0.2, -0.15) is 0 Å². The number of nitrogens with zero attached hydrogens (tertiary/aromatic N) is 2. The van der Waals surface area contributed by atoms with Crippen LogP contribution >= 0.6 is 11.6 Å². The number of hydrogen-bond acceptors (Lipinski definition) is 4. The van der Waals surface area contributed by atoms with Crippen molar-refractivity contribution in [3.63, 3.8) is 0 Å².